The monoisotopic (exact) mass is 431 g/mol. The number of hydrogen-bond donors (Lipinski definition) is 0. The van der Waals surface area contributed by atoms with Crippen LogP contribution in [0.5, 0.6) is 0 Å². The van der Waals surface area contributed by atoms with E-state index in [1.807, 2.05) is 38.1 Å². The lowest BCUT2D eigenvalue weighted by molar-refractivity contribution is 0.571. The molecule has 154 valence electrons. The van der Waals surface area contributed by atoms with Crippen molar-refractivity contribution in [3.63, 3.8) is 0 Å². The van der Waals surface area contributed by atoms with Crippen molar-refractivity contribution in [3.05, 3.63) is 93.4 Å². The highest BCUT2D eigenvalue weighted by atomic mass is 35.5. The van der Waals surface area contributed by atoms with E-state index in [4.69, 9.17) is 16.0 Å². The number of fused-ring (bicyclic) bond motifs is 1. The first-order valence-corrected chi connectivity index (χ1v) is 10.1. The highest BCUT2D eigenvalue weighted by Gasteiger charge is 2.14. The molecule has 0 aliphatic heterocycles. The van der Waals surface area contributed by atoms with Crippen molar-refractivity contribution in [3.8, 4) is 17.1 Å². The lowest BCUT2D eigenvalue weighted by Gasteiger charge is -2.07. The van der Waals surface area contributed by atoms with Crippen LogP contribution in [0.2, 0.25) is 5.02 Å². The van der Waals surface area contributed by atoms with Crippen LogP contribution < -0.4 is 5.56 Å². The van der Waals surface area contributed by atoms with E-state index in [2.05, 4.69) is 21.1 Å². The molecule has 3 aromatic heterocycles. The largest absolute Gasteiger partial charge is 0.444 e. The molecule has 0 aliphatic carbocycles. The molecule has 0 saturated carbocycles. The Labute approximate surface area is 182 Å². The molecule has 0 unspecified atom stereocenters. The molecular formula is C23H18ClN5O2. The van der Waals surface area contributed by atoms with Gasteiger partial charge in [-0.3, -0.25) is 9.36 Å². The SMILES string of the molecule is Cc1cc(C)cc(-n2ncc3c(=O)n(Cc4coc(-c5ccc(Cl)cc5)n4)cnc32)c1. The Hall–Kier alpha value is -3.71. The van der Waals surface area contributed by atoms with Gasteiger partial charge in [0, 0.05) is 10.6 Å². The van der Waals surface area contributed by atoms with Crippen LogP contribution in [0.1, 0.15) is 16.8 Å². The Kier molecular flexibility index (Phi) is 4.67. The van der Waals surface area contributed by atoms with E-state index < -0.39 is 0 Å². The predicted octanol–water partition coefficient (Wildman–Crippen LogP) is 4.56. The fourth-order valence-electron chi connectivity index (χ4n) is 3.60. The molecule has 0 aliphatic rings. The van der Waals surface area contributed by atoms with Crippen LogP contribution in [0.3, 0.4) is 0 Å². The molecule has 2 aromatic carbocycles. The first-order valence-electron chi connectivity index (χ1n) is 9.70. The number of rotatable bonds is 4. The van der Waals surface area contributed by atoms with Crippen LogP contribution >= 0.6 is 11.6 Å². The second-order valence-electron chi connectivity index (χ2n) is 7.47. The average molecular weight is 432 g/mol. The van der Waals surface area contributed by atoms with Gasteiger partial charge in [-0.25, -0.2) is 14.6 Å². The Morgan fingerprint density at radius 1 is 1.06 bits per heavy atom. The summed E-state index contributed by atoms with van der Waals surface area (Å²) >= 11 is 5.93. The molecule has 0 saturated heterocycles. The lowest BCUT2D eigenvalue weighted by atomic mass is 10.1. The molecule has 0 fully saturated rings. The number of halogens is 1. The summed E-state index contributed by atoms with van der Waals surface area (Å²) in [7, 11) is 0. The summed E-state index contributed by atoms with van der Waals surface area (Å²) in [4.78, 5) is 22.0. The second kappa shape index (κ2) is 7.52. The van der Waals surface area contributed by atoms with Crippen LogP contribution in [-0.4, -0.2) is 24.3 Å². The molecule has 31 heavy (non-hydrogen) atoms. The van der Waals surface area contributed by atoms with E-state index in [9.17, 15) is 4.79 Å². The predicted molar refractivity (Wildman–Crippen MR) is 119 cm³/mol. The van der Waals surface area contributed by atoms with Gasteiger partial charge < -0.3 is 4.42 Å². The third-order valence-electron chi connectivity index (χ3n) is 4.98. The second-order valence-corrected chi connectivity index (χ2v) is 7.90. The Morgan fingerprint density at radius 3 is 2.55 bits per heavy atom. The van der Waals surface area contributed by atoms with Gasteiger partial charge in [-0.2, -0.15) is 5.10 Å². The number of aryl methyl sites for hydroxylation is 2. The number of benzene rings is 2. The summed E-state index contributed by atoms with van der Waals surface area (Å²) in [5.41, 5.74) is 4.89. The summed E-state index contributed by atoms with van der Waals surface area (Å²) < 4.78 is 8.76. The molecule has 0 bridgehead atoms. The fraction of sp³-hybridized carbons (Fsp3) is 0.130. The minimum Gasteiger partial charge on any atom is -0.444 e. The minimum atomic E-state index is -0.184. The van der Waals surface area contributed by atoms with Gasteiger partial charge >= 0.3 is 0 Å². The summed E-state index contributed by atoms with van der Waals surface area (Å²) in [5, 5.41) is 5.49. The van der Waals surface area contributed by atoms with E-state index in [0.29, 0.717) is 27.6 Å². The Morgan fingerprint density at radius 2 is 1.81 bits per heavy atom. The Balaban J connectivity index is 1.47. The van der Waals surface area contributed by atoms with Crippen molar-refractivity contribution < 1.29 is 4.42 Å². The molecule has 5 aromatic rings. The normalized spacial score (nSPS) is 11.3. The zero-order valence-corrected chi connectivity index (χ0v) is 17.7. The van der Waals surface area contributed by atoms with Gasteiger partial charge in [0.05, 0.1) is 24.1 Å². The van der Waals surface area contributed by atoms with Crippen LogP contribution in [0.15, 0.2) is 70.5 Å². The number of nitrogens with zero attached hydrogens (tertiary/aromatic N) is 5. The van der Waals surface area contributed by atoms with Gasteiger partial charge in [0.2, 0.25) is 5.89 Å². The zero-order chi connectivity index (χ0) is 21.5. The molecule has 8 heteroatoms. The smallest absolute Gasteiger partial charge is 0.264 e. The maximum absolute atomic E-state index is 13.0. The molecule has 0 spiro atoms. The van der Waals surface area contributed by atoms with Crippen molar-refractivity contribution in [1.82, 2.24) is 24.3 Å². The van der Waals surface area contributed by atoms with Gasteiger partial charge in [-0.15, -0.1) is 0 Å². The van der Waals surface area contributed by atoms with Crippen LogP contribution in [-0.2, 0) is 6.54 Å². The van der Waals surface area contributed by atoms with Crippen molar-refractivity contribution in [2.45, 2.75) is 20.4 Å². The van der Waals surface area contributed by atoms with Crippen molar-refractivity contribution in [2.24, 2.45) is 0 Å². The Bertz CT molecular complexity index is 1440. The van der Waals surface area contributed by atoms with Gasteiger partial charge in [-0.05, 0) is 61.4 Å². The third kappa shape index (κ3) is 3.64. The van der Waals surface area contributed by atoms with Gasteiger partial charge in [0.25, 0.3) is 5.56 Å². The molecule has 5 rings (SSSR count). The first kappa shape index (κ1) is 19.3. The van der Waals surface area contributed by atoms with E-state index in [1.54, 1.807) is 29.3 Å². The number of hydrogen-bond acceptors (Lipinski definition) is 5. The molecule has 0 amide bonds. The topological polar surface area (TPSA) is 78.7 Å². The van der Waals surface area contributed by atoms with Crippen LogP contribution in [0, 0.1) is 13.8 Å². The fourth-order valence-corrected chi connectivity index (χ4v) is 3.73. The lowest BCUT2D eigenvalue weighted by Crippen LogP contribution is -2.21. The quantitative estimate of drug-likeness (QED) is 0.417. The van der Waals surface area contributed by atoms with Crippen molar-refractivity contribution in [1.29, 1.82) is 0 Å². The van der Waals surface area contributed by atoms with Crippen LogP contribution in [0.25, 0.3) is 28.2 Å². The number of aromatic nitrogens is 5. The van der Waals surface area contributed by atoms with Gasteiger partial charge in [-0.1, -0.05) is 17.7 Å². The highest BCUT2D eigenvalue weighted by molar-refractivity contribution is 6.30. The van der Waals surface area contributed by atoms with E-state index >= 15 is 0 Å². The molecule has 0 atom stereocenters. The van der Waals surface area contributed by atoms with E-state index in [-0.39, 0.29) is 12.1 Å². The average Bonchev–Trinajstić information content (AvgIpc) is 3.37. The first-order chi connectivity index (χ1) is 15.0. The van der Waals surface area contributed by atoms with E-state index in [0.717, 1.165) is 22.4 Å². The summed E-state index contributed by atoms with van der Waals surface area (Å²) in [6.45, 7) is 4.30. The zero-order valence-electron chi connectivity index (χ0n) is 16.9. The van der Waals surface area contributed by atoms with Crippen molar-refractivity contribution in [2.75, 3.05) is 0 Å². The van der Waals surface area contributed by atoms with Gasteiger partial charge in [0.1, 0.15) is 18.0 Å². The maximum atomic E-state index is 13.0. The summed E-state index contributed by atoms with van der Waals surface area (Å²) in [5.74, 6) is 0.469. The standard InChI is InChI=1S/C23H18ClN5O2/c1-14-7-15(2)9-19(8-14)29-21-20(10-26-29)23(30)28(13-25-21)11-18-12-31-22(27-18)16-3-5-17(24)6-4-16/h3-10,12-13H,11H2,1-2H3. The summed E-state index contributed by atoms with van der Waals surface area (Å²) in [6.07, 6.45) is 4.61. The summed E-state index contributed by atoms with van der Waals surface area (Å²) in [6, 6.07) is 13.3. The van der Waals surface area contributed by atoms with Gasteiger partial charge in [0.15, 0.2) is 5.65 Å². The molecule has 0 radical (unpaired) electrons. The van der Waals surface area contributed by atoms with Crippen LogP contribution in [0.4, 0.5) is 0 Å². The maximum Gasteiger partial charge on any atom is 0.264 e. The number of oxazole rings is 1. The molecule has 0 N–H and O–H groups in total. The molecule has 7 nitrogen and oxygen atoms in total. The van der Waals surface area contributed by atoms with Crippen molar-refractivity contribution >= 4 is 22.6 Å². The highest BCUT2D eigenvalue weighted by Crippen LogP contribution is 2.21. The minimum absolute atomic E-state index is 0.184. The van der Waals surface area contributed by atoms with E-state index in [1.165, 1.54) is 10.9 Å². The molecule has 3 heterocycles. The third-order valence-corrected chi connectivity index (χ3v) is 5.23. The molecular weight excluding hydrogens is 414 g/mol.